The molecule has 2 N–H and O–H groups in total. The van der Waals surface area contributed by atoms with E-state index < -0.39 is 5.97 Å². The van der Waals surface area contributed by atoms with Crippen LogP contribution in [0.5, 0.6) is 0 Å². The van der Waals surface area contributed by atoms with Gasteiger partial charge >= 0.3 is 5.97 Å². The van der Waals surface area contributed by atoms with Crippen LogP contribution in [0, 0.1) is 0 Å². The largest absolute Gasteiger partial charge is 0.480 e. The predicted octanol–water partition coefficient (Wildman–Crippen LogP) is 0.369. The van der Waals surface area contributed by atoms with Gasteiger partial charge in [-0.2, -0.15) is 0 Å². The number of methoxy groups -OCH3 is 1. The zero-order chi connectivity index (χ0) is 15.0. The Morgan fingerprint density at radius 2 is 2.25 bits per heavy atom. The highest BCUT2D eigenvalue weighted by Crippen LogP contribution is 2.14. The van der Waals surface area contributed by atoms with Gasteiger partial charge in [0.15, 0.2) is 0 Å². The third-order valence-electron chi connectivity index (χ3n) is 2.57. The average Bonchev–Trinajstić information content (AvgIpc) is 2.43. The Bertz CT molecular complexity index is 465. The monoisotopic (exact) mass is 281 g/mol. The lowest BCUT2D eigenvalue weighted by Gasteiger charge is -2.22. The molecule has 0 aliphatic rings. The Morgan fingerprint density at radius 3 is 2.85 bits per heavy atom. The Hall–Kier alpha value is -2.15. The number of hydrogen-bond donors (Lipinski definition) is 2. The molecule has 0 aliphatic heterocycles. The number of carboxylic acid groups (broad SMARTS) is 1. The Labute approximate surface area is 117 Å². The molecule has 0 unspecified atom stereocenters. The van der Waals surface area contributed by atoms with E-state index in [-0.39, 0.29) is 18.1 Å². The summed E-state index contributed by atoms with van der Waals surface area (Å²) in [4.78, 5) is 28.2. The molecule has 1 aromatic rings. The maximum atomic E-state index is 11.7. The van der Waals surface area contributed by atoms with Gasteiger partial charge in [-0.1, -0.05) is 0 Å². The second kappa shape index (κ2) is 8.11. The fourth-order valence-corrected chi connectivity index (χ4v) is 1.66. The number of aromatic nitrogens is 1. The van der Waals surface area contributed by atoms with Crippen molar-refractivity contribution in [3.8, 4) is 0 Å². The lowest BCUT2D eigenvalue weighted by atomic mass is 10.2. The van der Waals surface area contributed by atoms with Gasteiger partial charge in [0.1, 0.15) is 12.2 Å². The first-order valence-corrected chi connectivity index (χ1v) is 6.28. The van der Waals surface area contributed by atoms with E-state index in [2.05, 4.69) is 10.3 Å². The molecule has 0 spiro atoms. The molecule has 0 aliphatic carbocycles. The molecule has 0 atom stereocenters. The number of carbonyl (C=O) groups is 2. The summed E-state index contributed by atoms with van der Waals surface area (Å²) >= 11 is 0. The van der Waals surface area contributed by atoms with Crippen molar-refractivity contribution in [2.75, 3.05) is 38.3 Å². The van der Waals surface area contributed by atoms with Gasteiger partial charge in [0.25, 0.3) is 5.91 Å². The molecule has 20 heavy (non-hydrogen) atoms. The molecule has 0 saturated carbocycles. The van der Waals surface area contributed by atoms with Crippen molar-refractivity contribution < 1.29 is 19.4 Å². The van der Waals surface area contributed by atoms with Crippen LogP contribution in [-0.2, 0) is 9.53 Å². The quantitative estimate of drug-likeness (QED) is 0.715. The summed E-state index contributed by atoms with van der Waals surface area (Å²) in [5.74, 6) is -1.23. The van der Waals surface area contributed by atoms with E-state index >= 15 is 0 Å². The van der Waals surface area contributed by atoms with Crippen LogP contribution in [0.3, 0.4) is 0 Å². The summed E-state index contributed by atoms with van der Waals surface area (Å²) in [6, 6.07) is 3.24. The maximum absolute atomic E-state index is 11.7. The smallest absolute Gasteiger partial charge is 0.323 e. The minimum absolute atomic E-state index is 0.164. The maximum Gasteiger partial charge on any atom is 0.323 e. The van der Waals surface area contributed by atoms with Crippen LogP contribution in [0.1, 0.15) is 17.4 Å². The van der Waals surface area contributed by atoms with Crippen LogP contribution in [0.15, 0.2) is 18.3 Å². The molecule has 1 amide bonds. The molecule has 1 aromatic heterocycles. The van der Waals surface area contributed by atoms with Crippen LogP contribution in [0.25, 0.3) is 0 Å². The average molecular weight is 281 g/mol. The number of rotatable bonds is 8. The van der Waals surface area contributed by atoms with Gasteiger partial charge in [-0.15, -0.1) is 0 Å². The second-order valence-corrected chi connectivity index (χ2v) is 4.07. The van der Waals surface area contributed by atoms with Gasteiger partial charge in [0.2, 0.25) is 0 Å². The van der Waals surface area contributed by atoms with E-state index in [0.29, 0.717) is 25.4 Å². The van der Waals surface area contributed by atoms with Crippen LogP contribution in [0.4, 0.5) is 5.69 Å². The third-order valence-corrected chi connectivity index (χ3v) is 2.57. The molecular formula is C13H19N3O4. The van der Waals surface area contributed by atoms with Gasteiger partial charge in [-0.3, -0.25) is 14.6 Å². The van der Waals surface area contributed by atoms with Crippen molar-refractivity contribution >= 4 is 17.6 Å². The van der Waals surface area contributed by atoms with Crippen LogP contribution >= 0.6 is 0 Å². The number of nitrogens with one attached hydrogen (secondary N) is 1. The Balaban J connectivity index is 2.91. The number of carboxylic acids is 1. The zero-order valence-electron chi connectivity index (χ0n) is 11.6. The van der Waals surface area contributed by atoms with Gasteiger partial charge < -0.3 is 20.1 Å². The van der Waals surface area contributed by atoms with Crippen LogP contribution in [0.2, 0.25) is 0 Å². The van der Waals surface area contributed by atoms with Crippen molar-refractivity contribution in [2.45, 2.75) is 6.92 Å². The second-order valence-electron chi connectivity index (χ2n) is 4.07. The standard InChI is InChI=1S/C13H19N3O4/c1-3-14-13(19)11-8-10(4-5-15-11)16(6-7-20-2)9-12(17)18/h4-5,8H,3,6-7,9H2,1-2H3,(H,14,19)(H,17,18). The number of hydrogen-bond acceptors (Lipinski definition) is 5. The molecule has 7 nitrogen and oxygen atoms in total. The number of amides is 1. The van der Waals surface area contributed by atoms with E-state index in [1.54, 1.807) is 24.1 Å². The Kier molecular flexibility index (Phi) is 6.45. The van der Waals surface area contributed by atoms with Crippen molar-refractivity contribution in [1.29, 1.82) is 0 Å². The molecule has 110 valence electrons. The van der Waals surface area contributed by atoms with Gasteiger partial charge in [0.05, 0.1) is 6.61 Å². The van der Waals surface area contributed by atoms with E-state index in [1.807, 2.05) is 6.92 Å². The first kappa shape index (κ1) is 15.9. The summed E-state index contributed by atoms with van der Waals surface area (Å²) in [5, 5.41) is 11.6. The van der Waals surface area contributed by atoms with E-state index in [0.717, 1.165) is 0 Å². The fourth-order valence-electron chi connectivity index (χ4n) is 1.66. The summed E-state index contributed by atoms with van der Waals surface area (Å²) in [5.41, 5.74) is 0.887. The summed E-state index contributed by atoms with van der Waals surface area (Å²) in [6.07, 6.45) is 1.49. The van der Waals surface area contributed by atoms with Crippen LogP contribution < -0.4 is 10.2 Å². The highest BCUT2D eigenvalue weighted by molar-refractivity contribution is 5.93. The van der Waals surface area contributed by atoms with Crippen molar-refractivity contribution in [3.05, 3.63) is 24.0 Å². The first-order valence-electron chi connectivity index (χ1n) is 6.28. The minimum atomic E-state index is -0.947. The highest BCUT2D eigenvalue weighted by atomic mass is 16.5. The fraction of sp³-hybridized carbons (Fsp3) is 0.462. The van der Waals surface area contributed by atoms with E-state index in [9.17, 15) is 9.59 Å². The van der Waals surface area contributed by atoms with Gasteiger partial charge in [-0.25, -0.2) is 0 Å². The molecule has 0 saturated heterocycles. The van der Waals surface area contributed by atoms with Crippen molar-refractivity contribution in [1.82, 2.24) is 10.3 Å². The van der Waals surface area contributed by atoms with E-state index in [1.165, 1.54) is 6.20 Å². The highest BCUT2D eigenvalue weighted by Gasteiger charge is 2.13. The van der Waals surface area contributed by atoms with Gasteiger partial charge in [-0.05, 0) is 19.1 Å². The molecule has 0 aromatic carbocycles. The molecule has 0 bridgehead atoms. The lowest BCUT2D eigenvalue weighted by molar-refractivity contribution is -0.135. The first-order chi connectivity index (χ1) is 9.58. The predicted molar refractivity (Wildman–Crippen MR) is 74.0 cm³/mol. The topological polar surface area (TPSA) is 91.8 Å². The molecule has 1 heterocycles. The number of pyridine rings is 1. The summed E-state index contributed by atoms with van der Waals surface area (Å²) < 4.78 is 4.96. The third kappa shape index (κ3) is 4.85. The lowest BCUT2D eigenvalue weighted by Crippen LogP contribution is -2.33. The number of anilines is 1. The molecule has 1 rings (SSSR count). The Morgan fingerprint density at radius 1 is 1.50 bits per heavy atom. The normalized spacial score (nSPS) is 10.1. The molecule has 7 heteroatoms. The number of aliphatic carboxylic acids is 1. The summed E-state index contributed by atoms with van der Waals surface area (Å²) in [6.45, 7) is 2.97. The SMILES string of the molecule is CCNC(=O)c1cc(N(CCOC)CC(=O)O)ccn1. The molecule has 0 radical (unpaired) electrons. The van der Waals surface area contributed by atoms with Crippen LogP contribution in [-0.4, -0.2) is 55.3 Å². The number of carbonyl (C=O) groups excluding carboxylic acids is 1. The van der Waals surface area contributed by atoms with Gasteiger partial charge in [0, 0.05) is 32.1 Å². The van der Waals surface area contributed by atoms with Crippen molar-refractivity contribution in [3.63, 3.8) is 0 Å². The van der Waals surface area contributed by atoms with E-state index in [4.69, 9.17) is 9.84 Å². The summed E-state index contributed by atoms with van der Waals surface area (Å²) in [7, 11) is 1.55. The molecular weight excluding hydrogens is 262 g/mol. The van der Waals surface area contributed by atoms with Crippen molar-refractivity contribution in [2.24, 2.45) is 0 Å². The number of ether oxygens (including phenoxy) is 1. The number of nitrogens with zero attached hydrogens (tertiary/aromatic N) is 2. The zero-order valence-corrected chi connectivity index (χ0v) is 11.6. The minimum Gasteiger partial charge on any atom is -0.480 e. The molecule has 0 fully saturated rings.